The molecule has 0 spiro atoms. The van der Waals surface area contributed by atoms with Gasteiger partial charge in [0.05, 0.1) is 11.2 Å². The molecule has 1 amide bonds. The first-order valence-electron chi connectivity index (χ1n) is 8.96. The Kier molecular flexibility index (Phi) is 4.17. The first-order valence-corrected chi connectivity index (χ1v) is 8.96. The van der Waals surface area contributed by atoms with E-state index in [0.29, 0.717) is 18.4 Å². The zero-order chi connectivity index (χ0) is 17.4. The Labute approximate surface area is 147 Å². The molecule has 25 heavy (non-hydrogen) atoms. The number of aliphatic hydroxyl groups is 1. The number of fused-ring (bicyclic) bond motifs is 2. The molecule has 2 heterocycles. The van der Waals surface area contributed by atoms with Crippen LogP contribution in [-0.4, -0.2) is 34.2 Å². The van der Waals surface area contributed by atoms with E-state index >= 15 is 0 Å². The van der Waals surface area contributed by atoms with Gasteiger partial charge in [-0.15, -0.1) is 0 Å². The summed E-state index contributed by atoms with van der Waals surface area (Å²) < 4.78 is 0. The minimum atomic E-state index is -0.508. The number of aromatic nitrogens is 1. The largest absolute Gasteiger partial charge is 0.374 e. The summed E-state index contributed by atoms with van der Waals surface area (Å²) in [4.78, 5) is 19.3. The Balaban J connectivity index is 1.73. The summed E-state index contributed by atoms with van der Waals surface area (Å²) in [5, 5.41) is 14.0. The molecule has 1 aliphatic heterocycles. The molecule has 1 aliphatic carbocycles. The first-order chi connectivity index (χ1) is 12.1. The highest BCUT2D eigenvalue weighted by atomic mass is 16.3. The summed E-state index contributed by atoms with van der Waals surface area (Å²) in [7, 11) is 1.79. The van der Waals surface area contributed by atoms with Crippen LogP contribution in [0.25, 0.3) is 10.9 Å². The second-order valence-corrected chi connectivity index (χ2v) is 6.93. The average molecular weight is 337 g/mol. The van der Waals surface area contributed by atoms with Gasteiger partial charge in [-0.05, 0) is 50.2 Å². The van der Waals surface area contributed by atoms with Crippen LogP contribution in [0, 0.1) is 0 Å². The van der Waals surface area contributed by atoms with Crippen molar-refractivity contribution in [2.24, 2.45) is 0 Å². The number of hydrogen-bond donors (Lipinski definition) is 2. The number of hydrogen-bond acceptors (Lipinski definition) is 4. The predicted octanol–water partition coefficient (Wildman–Crippen LogP) is 2.98. The number of carbonyl (C=O) groups excluding carboxylic acids is 1. The van der Waals surface area contributed by atoms with Gasteiger partial charge in [-0.2, -0.15) is 0 Å². The van der Waals surface area contributed by atoms with Crippen molar-refractivity contribution in [3.8, 4) is 0 Å². The van der Waals surface area contributed by atoms with E-state index in [-0.39, 0.29) is 5.91 Å². The maximum absolute atomic E-state index is 12.8. The smallest absolute Gasteiger partial charge is 0.253 e. The van der Waals surface area contributed by atoms with Gasteiger partial charge in [-0.1, -0.05) is 18.2 Å². The lowest BCUT2D eigenvalue weighted by molar-refractivity contribution is -0.113. The second-order valence-electron chi connectivity index (χ2n) is 6.93. The summed E-state index contributed by atoms with van der Waals surface area (Å²) >= 11 is 0. The van der Waals surface area contributed by atoms with Crippen molar-refractivity contribution in [2.75, 3.05) is 12.4 Å². The van der Waals surface area contributed by atoms with Gasteiger partial charge in [-0.25, -0.2) is 0 Å². The number of nitrogens with one attached hydrogen (secondary N) is 1. The van der Waals surface area contributed by atoms with E-state index < -0.39 is 6.23 Å². The lowest BCUT2D eigenvalue weighted by atomic mass is 9.92. The number of carbonyl (C=O) groups is 1. The van der Waals surface area contributed by atoms with Gasteiger partial charge in [-0.3, -0.25) is 9.78 Å². The highest BCUT2D eigenvalue weighted by Crippen LogP contribution is 2.34. The average Bonchev–Trinajstić information content (AvgIpc) is 2.63. The number of anilines is 1. The molecule has 0 bridgehead atoms. The molecule has 0 radical (unpaired) electrons. The Morgan fingerprint density at radius 3 is 2.88 bits per heavy atom. The molecule has 1 unspecified atom stereocenters. The normalized spacial score (nSPS) is 20.2. The molecular weight excluding hydrogens is 314 g/mol. The summed E-state index contributed by atoms with van der Waals surface area (Å²) in [5.41, 5.74) is 4.86. The van der Waals surface area contributed by atoms with Crippen molar-refractivity contribution in [3.05, 3.63) is 47.3 Å². The van der Waals surface area contributed by atoms with Crippen LogP contribution in [0.15, 0.2) is 36.0 Å². The number of aryl methyl sites for hydroxylation is 1. The highest BCUT2D eigenvalue weighted by Gasteiger charge is 2.23. The SMILES string of the molecule is CN1C=C(C(=O)Nc2c3c(nc4ccccc24)CCCC3)CCC1O. The topological polar surface area (TPSA) is 65.5 Å². The fraction of sp³-hybridized carbons (Fsp3) is 0.400. The van der Waals surface area contributed by atoms with E-state index in [1.54, 1.807) is 18.1 Å². The number of amides is 1. The molecule has 1 atom stereocenters. The van der Waals surface area contributed by atoms with Gasteiger partial charge in [0.2, 0.25) is 0 Å². The molecule has 1 aromatic heterocycles. The quantitative estimate of drug-likeness (QED) is 0.884. The minimum Gasteiger partial charge on any atom is -0.374 e. The van der Waals surface area contributed by atoms with Gasteiger partial charge in [0.15, 0.2) is 0 Å². The van der Waals surface area contributed by atoms with Crippen molar-refractivity contribution in [3.63, 3.8) is 0 Å². The van der Waals surface area contributed by atoms with Crippen molar-refractivity contribution in [1.29, 1.82) is 0 Å². The lowest BCUT2D eigenvalue weighted by Crippen LogP contribution is -2.32. The maximum atomic E-state index is 12.8. The fourth-order valence-electron chi connectivity index (χ4n) is 3.77. The van der Waals surface area contributed by atoms with Gasteiger partial charge >= 0.3 is 0 Å². The van der Waals surface area contributed by atoms with Gasteiger partial charge in [0.25, 0.3) is 5.91 Å². The molecule has 130 valence electrons. The number of para-hydroxylation sites is 1. The number of aliphatic hydroxyl groups excluding tert-OH is 1. The fourth-order valence-corrected chi connectivity index (χ4v) is 3.77. The van der Waals surface area contributed by atoms with Crippen molar-refractivity contribution < 1.29 is 9.90 Å². The third kappa shape index (κ3) is 3.00. The molecule has 2 N–H and O–H groups in total. The minimum absolute atomic E-state index is 0.0807. The summed E-state index contributed by atoms with van der Waals surface area (Å²) in [5.74, 6) is -0.0807. The standard InChI is InChI=1S/C20H23N3O2/c1-23-12-13(10-11-18(23)24)20(25)22-19-14-6-2-4-8-16(14)21-17-9-5-3-7-15(17)19/h2,4,6,8,12,18,24H,3,5,7,9-11H2,1H3,(H,21,22,25). The van der Waals surface area contributed by atoms with Crippen molar-refractivity contribution in [2.45, 2.75) is 44.8 Å². The third-order valence-electron chi connectivity index (χ3n) is 5.20. The van der Waals surface area contributed by atoms with Crippen LogP contribution in [0.1, 0.15) is 36.9 Å². The van der Waals surface area contributed by atoms with Crippen LogP contribution in [0.5, 0.6) is 0 Å². The van der Waals surface area contributed by atoms with Crippen LogP contribution in [-0.2, 0) is 17.6 Å². The molecule has 0 fully saturated rings. The Morgan fingerprint density at radius 1 is 1.24 bits per heavy atom. The molecule has 0 saturated carbocycles. The maximum Gasteiger partial charge on any atom is 0.253 e. The molecule has 2 aliphatic rings. The molecule has 1 aromatic carbocycles. The Bertz CT molecular complexity index is 859. The highest BCUT2D eigenvalue weighted by molar-refractivity contribution is 6.09. The molecule has 2 aromatic rings. The Hall–Kier alpha value is -2.40. The number of pyridine rings is 1. The van der Waals surface area contributed by atoms with Crippen LogP contribution >= 0.6 is 0 Å². The van der Waals surface area contributed by atoms with E-state index in [9.17, 15) is 9.90 Å². The molecule has 0 saturated heterocycles. The predicted molar refractivity (Wildman–Crippen MR) is 98.1 cm³/mol. The summed E-state index contributed by atoms with van der Waals surface area (Å²) in [6, 6.07) is 8.00. The van der Waals surface area contributed by atoms with Gasteiger partial charge in [0.1, 0.15) is 6.23 Å². The summed E-state index contributed by atoms with van der Waals surface area (Å²) in [6.45, 7) is 0. The third-order valence-corrected chi connectivity index (χ3v) is 5.20. The Morgan fingerprint density at radius 2 is 2.04 bits per heavy atom. The van der Waals surface area contributed by atoms with Crippen LogP contribution in [0.2, 0.25) is 0 Å². The van der Waals surface area contributed by atoms with Crippen LogP contribution in [0.3, 0.4) is 0 Å². The zero-order valence-corrected chi connectivity index (χ0v) is 14.5. The molecule has 4 rings (SSSR count). The number of rotatable bonds is 2. The van der Waals surface area contributed by atoms with Crippen LogP contribution in [0.4, 0.5) is 5.69 Å². The number of nitrogens with zero attached hydrogens (tertiary/aromatic N) is 2. The van der Waals surface area contributed by atoms with E-state index in [1.165, 1.54) is 5.56 Å². The lowest BCUT2D eigenvalue weighted by Gasteiger charge is -2.28. The van der Waals surface area contributed by atoms with E-state index in [0.717, 1.165) is 48.0 Å². The van der Waals surface area contributed by atoms with Gasteiger partial charge < -0.3 is 15.3 Å². The molecule has 5 heteroatoms. The van der Waals surface area contributed by atoms with E-state index in [4.69, 9.17) is 4.98 Å². The van der Waals surface area contributed by atoms with E-state index in [2.05, 4.69) is 5.32 Å². The van der Waals surface area contributed by atoms with Crippen molar-refractivity contribution in [1.82, 2.24) is 9.88 Å². The van der Waals surface area contributed by atoms with E-state index in [1.807, 2.05) is 24.3 Å². The zero-order valence-electron chi connectivity index (χ0n) is 14.5. The monoisotopic (exact) mass is 337 g/mol. The number of benzene rings is 1. The van der Waals surface area contributed by atoms with Crippen LogP contribution < -0.4 is 5.32 Å². The molecular formula is C20H23N3O2. The van der Waals surface area contributed by atoms with Crippen molar-refractivity contribution >= 4 is 22.5 Å². The van der Waals surface area contributed by atoms with Gasteiger partial charge in [0, 0.05) is 29.9 Å². The second kappa shape index (κ2) is 6.48. The summed E-state index contributed by atoms with van der Waals surface area (Å²) in [6.07, 6.45) is 6.62. The first kappa shape index (κ1) is 16.1. The molecule has 5 nitrogen and oxygen atoms in total.